The second-order valence-corrected chi connectivity index (χ2v) is 5.51. The molecule has 12 heteroatoms. The van der Waals surface area contributed by atoms with E-state index >= 15 is 0 Å². The molecule has 2 aromatic rings. The van der Waals surface area contributed by atoms with Gasteiger partial charge in [0.2, 0.25) is 5.95 Å². The second kappa shape index (κ2) is 8.07. The molecular formula is C13H18Cl2F3N7. The molecule has 1 saturated heterocycles. The van der Waals surface area contributed by atoms with Gasteiger partial charge in [-0.2, -0.15) is 23.3 Å². The molecule has 0 spiro atoms. The van der Waals surface area contributed by atoms with Crippen molar-refractivity contribution in [1.29, 1.82) is 0 Å². The van der Waals surface area contributed by atoms with Gasteiger partial charge in [-0.3, -0.25) is 4.68 Å². The summed E-state index contributed by atoms with van der Waals surface area (Å²) in [7, 11) is 0. The van der Waals surface area contributed by atoms with Gasteiger partial charge in [0.1, 0.15) is 12.4 Å². The van der Waals surface area contributed by atoms with Crippen LogP contribution in [0.3, 0.4) is 0 Å². The highest BCUT2D eigenvalue weighted by atomic mass is 35.5. The van der Waals surface area contributed by atoms with E-state index in [-0.39, 0.29) is 36.8 Å². The molecule has 3 heterocycles. The Morgan fingerprint density at radius 2 is 1.96 bits per heavy atom. The van der Waals surface area contributed by atoms with Gasteiger partial charge in [-0.1, -0.05) is 0 Å². The largest absolute Gasteiger partial charge is 0.408 e. The zero-order valence-corrected chi connectivity index (χ0v) is 14.6. The van der Waals surface area contributed by atoms with E-state index in [1.807, 2.05) is 4.90 Å². The first-order valence-electron chi connectivity index (χ1n) is 7.05. The van der Waals surface area contributed by atoms with Gasteiger partial charge >= 0.3 is 6.18 Å². The molecule has 0 radical (unpaired) electrons. The van der Waals surface area contributed by atoms with Crippen molar-refractivity contribution < 1.29 is 13.2 Å². The molecule has 1 atom stereocenters. The third-order valence-electron chi connectivity index (χ3n) is 3.55. The van der Waals surface area contributed by atoms with Crippen LogP contribution < -0.4 is 16.4 Å². The van der Waals surface area contributed by atoms with Crippen molar-refractivity contribution in [3.05, 3.63) is 18.5 Å². The van der Waals surface area contributed by atoms with Gasteiger partial charge in [-0.05, 0) is 6.42 Å². The Kier molecular flexibility index (Phi) is 6.86. The fourth-order valence-corrected chi connectivity index (χ4v) is 2.52. The second-order valence-electron chi connectivity index (χ2n) is 5.51. The zero-order chi connectivity index (χ0) is 16.6. The van der Waals surface area contributed by atoms with Crippen LogP contribution in [-0.2, 0) is 6.54 Å². The third-order valence-corrected chi connectivity index (χ3v) is 3.55. The Morgan fingerprint density at radius 1 is 1.24 bits per heavy atom. The summed E-state index contributed by atoms with van der Waals surface area (Å²) in [5, 5.41) is 3.71. The summed E-state index contributed by atoms with van der Waals surface area (Å²) in [4.78, 5) is 10.2. The van der Waals surface area contributed by atoms with Crippen LogP contribution >= 0.6 is 24.8 Å². The average molecular weight is 400 g/mol. The predicted molar refractivity (Wildman–Crippen MR) is 93.0 cm³/mol. The molecule has 0 amide bonds. The van der Waals surface area contributed by atoms with E-state index in [9.17, 15) is 13.2 Å². The fraction of sp³-hybridized carbons (Fsp3) is 0.462. The molecule has 1 fully saturated rings. The van der Waals surface area contributed by atoms with Crippen LogP contribution in [-0.4, -0.2) is 45.1 Å². The summed E-state index contributed by atoms with van der Waals surface area (Å²) in [5.74, 6) is 0.672. The highest BCUT2D eigenvalue weighted by Gasteiger charge is 2.28. The number of rotatable bonds is 3. The van der Waals surface area contributed by atoms with Crippen LogP contribution in [0.5, 0.6) is 0 Å². The number of nitrogens with zero attached hydrogens (tertiary/aromatic N) is 5. The molecule has 0 aliphatic carbocycles. The van der Waals surface area contributed by atoms with Gasteiger partial charge in [0.15, 0.2) is 0 Å². The van der Waals surface area contributed by atoms with E-state index in [0.717, 1.165) is 17.6 Å². The van der Waals surface area contributed by atoms with E-state index in [1.165, 1.54) is 12.4 Å². The van der Waals surface area contributed by atoms with Crippen LogP contribution in [0, 0.1) is 0 Å². The highest BCUT2D eigenvalue weighted by Crippen LogP contribution is 2.25. The maximum absolute atomic E-state index is 12.4. The number of hydrogen-bond acceptors (Lipinski definition) is 6. The maximum Gasteiger partial charge on any atom is 0.408 e. The van der Waals surface area contributed by atoms with E-state index < -0.39 is 12.7 Å². The summed E-state index contributed by atoms with van der Waals surface area (Å²) in [5.41, 5.74) is 12.5. The number of alkyl halides is 3. The number of anilines is 2. The number of aromatic nitrogens is 4. The molecule has 140 valence electrons. The minimum Gasteiger partial charge on any atom is -0.368 e. The molecule has 3 rings (SSSR count). The molecule has 25 heavy (non-hydrogen) atoms. The minimum atomic E-state index is -4.33. The Bertz CT molecular complexity index is 707. The van der Waals surface area contributed by atoms with Gasteiger partial charge in [-0.25, -0.2) is 4.98 Å². The highest BCUT2D eigenvalue weighted by molar-refractivity contribution is 5.85. The molecule has 2 aromatic heterocycles. The summed E-state index contributed by atoms with van der Waals surface area (Å²) < 4.78 is 38.0. The lowest BCUT2D eigenvalue weighted by atomic mass is 10.2. The van der Waals surface area contributed by atoms with Crippen molar-refractivity contribution >= 4 is 36.6 Å². The predicted octanol–water partition coefficient (Wildman–Crippen LogP) is 1.87. The average Bonchev–Trinajstić information content (AvgIpc) is 3.05. The molecule has 0 saturated carbocycles. The van der Waals surface area contributed by atoms with Crippen molar-refractivity contribution in [3.8, 4) is 11.3 Å². The molecule has 0 aromatic carbocycles. The Labute approximate surface area is 154 Å². The van der Waals surface area contributed by atoms with Gasteiger partial charge < -0.3 is 16.4 Å². The maximum atomic E-state index is 12.4. The number of nitrogens with two attached hydrogens (primary N) is 2. The van der Waals surface area contributed by atoms with Gasteiger partial charge in [0, 0.05) is 37.0 Å². The van der Waals surface area contributed by atoms with Crippen molar-refractivity contribution in [2.24, 2.45) is 5.73 Å². The van der Waals surface area contributed by atoms with E-state index in [0.29, 0.717) is 23.6 Å². The summed E-state index contributed by atoms with van der Waals surface area (Å²) in [6.45, 7) is 0.259. The first-order chi connectivity index (χ1) is 10.8. The lowest BCUT2D eigenvalue weighted by Gasteiger charge is -2.17. The SMILES string of the molecule is Cl.Cl.Nc1nc(-c2cnn(CC(F)(F)F)c2)cc(N2CC[C@@H](N)C2)n1. The van der Waals surface area contributed by atoms with Crippen molar-refractivity contribution in [2.75, 3.05) is 23.7 Å². The number of hydrogen-bond donors (Lipinski definition) is 2. The smallest absolute Gasteiger partial charge is 0.368 e. The van der Waals surface area contributed by atoms with E-state index in [2.05, 4.69) is 15.1 Å². The van der Waals surface area contributed by atoms with Crippen LogP contribution in [0.2, 0.25) is 0 Å². The van der Waals surface area contributed by atoms with Crippen LogP contribution in [0.25, 0.3) is 11.3 Å². The van der Waals surface area contributed by atoms with Crippen LogP contribution in [0.4, 0.5) is 24.9 Å². The summed E-state index contributed by atoms with van der Waals surface area (Å²) in [6.07, 6.45) is -0.866. The minimum absolute atomic E-state index is 0. The lowest BCUT2D eigenvalue weighted by molar-refractivity contribution is -0.142. The summed E-state index contributed by atoms with van der Waals surface area (Å²) in [6, 6.07) is 1.76. The van der Waals surface area contributed by atoms with Crippen LogP contribution in [0.1, 0.15) is 6.42 Å². The molecule has 1 aliphatic rings. The van der Waals surface area contributed by atoms with Crippen molar-refractivity contribution in [2.45, 2.75) is 25.2 Å². The molecule has 0 bridgehead atoms. The number of nitrogen functional groups attached to an aromatic ring is 1. The molecule has 4 N–H and O–H groups in total. The Hall–Kier alpha value is -1.78. The molecule has 7 nitrogen and oxygen atoms in total. The normalized spacial score (nSPS) is 17.1. The summed E-state index contributed by atoms with van der Waals surface area (Å²) >= 11 is 0. The first kappa shape index (κ1) is 21.3. The van der Waals surface area contributed by atoms with E-state index in [1.54, 1.807) is 6.07 Å². The third kappa shape index (κ3) is 5.35. The molecule has 0 unspecified atom stereocenters. The van der Waals surface area contributed by atoms with Crippen molar-refractivity contribution in [3.63, 3.8) is 0 Å². The molecule has 1 aliphatic heterocycles. The first-order valence-corrected chi connectivity index (χ1v) is 7.05. The van der Waals surface area contributed by atoms with Crippen molar-refractivity contribution in [1.82, 2.24) is 19.7 Å². The van der Waals surface area contributed by atoms with Crippen LogP contribution in [0.15, 0.2) is 18.5 Å². The quantitative estimate of drug-likeness (QED) is 0.816. The van der Waals surface area contributed by atoms with Gasteiger partial charge in [0.05, 0.1) is 11.9 Å². The monoisotopic (exact) mass is 399 g/mol. The molecular weight excluding hydrogens is 382 g/mol. The zero-order valence-electron chi connectivity index (χ0n) is 13.0. The topological polar surface area (TPSA) is 98.9 Å². The fourth-order valence-electron chi connectivity index (χ4n) is 2.52. The lowest BCUT2D eigenvalue weighted by Crippen LogP contribution is -2.27. The van der Waals surface area contributed by atoms with Gasteiger partial charge in [0.25, 0.3) is 0 Å². The Balaban J connectivity index is 0.00000156. The van der Waals surface area contributed by atoms with Gasteiger partial charge in [-0.15, -0.1) is 24.8 Å². The standard InChI is InChI=1S/C13H16F3N7.2ClH/c14-13(15,16)7-23-5-8(4-19-23)10-3-11(21-12(18)20-10)22-2-1-9(17)6-22;;/h3-5,9H,1-2,6-7,17H2,(H2,18,20,21);2*1H/t9-;;/m1../s1. The van der Waals surface area contributed by atoms with E-state index in [4.69, 9.17) is 11.5 Å². The number of halogens is 5. The Morgan fingerprint density at radius 3 is 2.56 bits per heavy atom.